The number of nitrogens with zero attached hydrogens (tertiary/aromatic N) is 1. The maximum Gasteiger partial charge on any atom is 0.0545 e. The van der Waals surface area contributed by atoms with Crippen LogP contribution < -0.4 is 5.32 Å². The van der Waals surface area contributed by atoms with Crippen LogP contribution in [0.3, 0.4) is 0 Å². The number of aromatic nitrogens is 1. The van der Waals surface area contributed by atoms with Crippen molar-refractivity contribution in [3.63, 3.8) is 0 Å². The fourth-order valence-corrected chi connectivity index (χ4v) is 2.35. The minimum Gasteiger partial charge on any atom is -0.304 e. The molecule has 0 bridgehead atoms. The summed E-state index contributed by atoms with van der Waals surface area (Å²) >= 11 is 1.79. The van der Waals surface area contributed by atoms with Crippen LogP contribution in [0, 0.1) is 6.92 Å². The van der Waals surface area contributed by atoms with Gasteiger partial charge in [-0.1, -0.05) is 12.1 Å². The summed E-state index contributed by atoms with van der Waals surface area (Å²) in [5, 5.41) is 5.59. The summed E-state index contributed by atoms with van der Waals surface area (Å²) < 4.78 is 0. The molecule has 84 valence electrons. The molecule has 2 aromatic rings. The van der Waals surface area contributed by atoms with Gasteiger partial charge in [0, 0.05) is 23.2 Å². The molecule has 0 amide bonds. The minimum atomic E-state index is 0.391. The third-order valence-electron chi connectivity index (χ3n) is 2.51. The lowest BCUT2D eigenvalue weighted by atomic mass is 10.2. The van der Waals surface area contributed by atoms with E-state index < -0.39 is 0 Å². The molecule has 2 heterocycles. The monoisotopic (exact) mass is 232 g/mol. The molecule has 0 fully saturated rings. The zero-order valence-corrected chi connectivity index (χ0v) is 10.4. The van der Waals surface area contributed by atoms with Crippen molar-refractivity contribution in [2.75, 3.05) is 0 Å². The van der Waals surface area contributed by atoms with Crippen molar-refractivity contribution in [3.8, 4) is 0 Å². The number of pyridine rings is 1. The second-order valence-corrected chi connectivity index (χ2v) is 4.87. The zero-order valence-electron chi connectivity index (χ0n) is 9.60. The van der Waals surface area contributed by atoms with Crippen molar-refractivity contribution in [1.29, 1.82) is 0 Å². The van der Waals surface area contributed by atoms with E-state index in [1.165, 1.54) is 4.88 Å². The third kappa shape index (κ3) is 2.90. The number of nitrogens with one attached hydrogen (secondary N) is 1. The molecule has 0 saturated heterocycles. The third-order valence-corrected chi connectivity index (χ3v) is 3.56. The van der Waals surface area contributed by atoms with E-state index >= 15 is 0 Å². The number of hydrogen-bond acceptors (Lipinski definition) is 3. The van der Waals surface area contributed by atoms with E-state index in [4.69, 9.17) is 0 Å². The van der Waals surface area contributed by atoms with Gasteiger partial charge >= 0.3 is 0 Å². The molecule has 3 heteroatoms. The lowest BCUT2D eigenvalue weighted by Gasteiger charge is -2.11. The molecule has 2 aromatic heterocycles. The van der Waals surface area contributed by atoms with Crippen LogP contribution >= 0.6 is 11.3 Å². The molecular weight excluding hydrogens is 216 g/mol. The Hall–Kier alpha value is -1.19. The lowest BCUT2D eigenvalue weighted by Crippen LogP contribution is -2.17. The highest BCUT2D eigenvalue weighted by molar-refractivity contribution is 7.10. The van der Waals surface area contributed by atoms with E-state index in [0.717, 1.165) is 17.9 Å². The Kier molecular flexibility index (Phi) is 3.70. The van der Waals surface area contributed by atoms with Gasteiger partial charge in [0.15, 0.2) is 0 Å². The van der Waals surface area contributed by atoms with Crippen LogP contribution in [0.4, 0.5) is 0 Å². The highest BCUT2D eigenvalue weighted by Crippen LogP contribution is 2.18. The topological polar surface area (TPSA) is 24.9 Å². The number of aryl methyl sites for hydroxylation is 1. The van der Waals surface area contributed by atoms with E-state index in [1.54, 1.807) is 11.3 Å². The summed E-state index contributed by atoms with van der Waals surface area (Å²) in [6, 6.07) is 10.8. The highest BCUT2D eigenvalue weighted by Gasteiger charge is 2.05. The Labute approximate surface area is 100 Å². The van der Waals surface area contributed by atoms with Crippen LogP contribution in [0.15, 0.2) is 35.7 Å². The second kappa shape index (κ2) is 5.23. The predicted octanol–water partition coefficient (Wildman–Crippen LogP) is 3.30. The molecule has 0 aliphatic heterocycles. The molecule has 0 spiro atoms. The van der Waals surface area contributed by atoms with Crippen molar-refractivity contribution in [2.45, 2.75) is 26.4 Å². The van der Waals surface area contributed by atoms with Crippen molar-refractivity contribution >= 4 is 11.3 Å². The Morgan fingerprint density at radius 3 is 2.88 bits per heavy atom. The van der Waals surface area contributed by atoms with Gasteiger partial charge < -0.3 is 5.32 Å². The van der Waals surface area contributed by atoms with Gasteiger partial charge in [0.1, 0.15) is 0 Å². The predicted molar refractivity (Wildman–Crippen MR) is 68.5 cm³/mol. The van der Waals surface area contributed by atoms with Gasteiger partial charge in [-0.25, -0.2) is 0 Å². The SMILES string of the molecule is Cc1cccc(CN[C@H](C)c2cccs2)n1. The van der Waals surface area contributed by atoms with Gasteiger partial charge in [0.05, 0.1) is 5.69 Å². The minimum absolute atomic E-state index is 0.391. The van der Waals surface area contributed by atoms with Crippen LogP contribution in [0.5, 0.6) is 0 Å². The first-order valence-electron chi connectivity index (χ1n) is 5.45. The molecule has 0 aliphatic rings. The summed E-state index contributed by atoms with van der Waals surface area (Å²) in [4.78, 5) is 5.84. The van der Waals surface area contributed by atoms with Gasteiger partial charge in [0.2, 0.25) is 0 Å². The van der Waals surface area contributed by atoms with Crippen molar-refractivity contribution < 1.29 is 0 Å². The first-order valence-corrected chi connectivity index (χ1v) is 6.33. The van der Waals surface area contributed by atoms with Crippen LogP contribution in [0.2, 0.25) is 0 Å². The van der Waals surface area contributed by atoms with E-state index in [9.17, 15) is 0 Å². The van der Waals surface area contributed by atoms with Crippen LogP contribution in [-0.4, -0.2) is 4.98 Å². The summed E-state index contributed by atoms with van der Waals surface area (Å²) in [5.74, 6) is 0. The maximum absolute atomic E-state index is 4.47. The van der Waals surface area contributed by atoms with E-state index in [1.807, 2.05) is 13.0 Å². The molecule has 0 aromatic carbocycles. The Morgan fingerprint density at radius 1 is 1.31 bits per heavy atom. The molecule has 2 rings (SSSR count). The average molecular weight is 232 g/mol. The van der Waals surface area contributed by atoms with Crippen molar-refractivity contribution in [2.24, 2.45) is 0 Å². The number of hydrogen-bond donors (Lipinski definition) is 1. The lowest BCUT2D eigenvalue weighted by molar-refractivity contribution is 0.575. The van der Waals surface area contributed by atoms with Gasteiger partial charge in [-0.05, 0) is 37.4 Å². The average Bonchev–Trinajstić information content (AvgIpc) is 2.79. The summed E-state index contributed by atoms with van der Waals surface area (Å²) in [5.41, 5.74) is 2.17. The Morgan fingerprint density at radius 2 is 2.19 bits per heavy atom. The molecule has 2 nitrogen and oxygen atoms in total. The number of thiophene rings is 1. The summed E-state index contributed by atoms with van der Waals surface area (Å²) in [6.45, 7) is 5.02. The number of rotatable bonds is 4. The first-order chi connectivity index (χ1) is 7.75. The van der Waals surface area contributed by atoms with Crippen LogP contribution in [0.1, 0.15) is 29.2 Å². The van der Waals surface area contributed by atoms with E-state index in [0.29, 0.717) is 6.04 Å². The van der Waals surface area contributed by atoms with Gasteiger partial charge in [-0.3, -0.25) is 4.98 Å². The molecule has 0 radical (unpaired) electrons. The molecule has 16 heavy (non-hydrogen) atoms. The molecule has 0 unspecified atom stereocenters. The van der Waals surface area contributed by atoms with Gasteiger partial charge in [-0.15, -0.1) is 11.3 Å². The quantitative estimate of drug-likeness (QED) is 0.875. The Bertz CT molecular complexity index is 437. The smallest absolute Gasteiger partial charge is 0.0545 e. The Balaban J connectivity index is 1.92. The fourth-order valence-electron chi connectivity index (χ4n) is 1.59. The van der Waals surface area contributed by atoms with Crippen LogP contribution in [-0.2, 0) is 6.54 Å². The standard InChI is InChI=1S/C13H16N2S/c1-10-5-3-6-12(15-10)9-14-11(2)13-7-4-8-16-13/h3-8,11,14H,9H2,1-2H3/t11-/m1/s1. The largest absolute Gasteiger partial charge is 0.304 e. The summed E-state index contributed by atoms with van der Waals surface area (Å²) in [6.07, 6.45) is 0. The molecule has 0 aliphatic carbocycles. The zero-order chi connectivity index (χ0) is 11.4. The fraction of sp³-hybridized carbons (Fsp3) is 0.308. The second-order valence-electron chi connectivity index (χ2n) is 3.89. The maximum atomic E-state index is 4.47. The van der Waals surface area contributed by atoms with Crippen LogP contribution in [0.25, 0.3) is 0 Å². The highest BCUT2D eigenvalue weighted by atomic mass is 32.1. The van der Waals surface area contributed by atoms with E-state index in [-0.39, 0.29) is 0 Å². The molecular formula is C13H16N2S. The summed E-state index contributed by atoms with van der Waals surface area (Å²) in [7, 11) is 0. The van der Waals surface area contributed by atoms with E-state index in [2.05, 4.69) is 46.9 Å². The molecule has 1 atom stereocenters. The molecule has 1 N–H and O–H groups in total. The van der Waals surface area contributed by atoms with Gasteiger partial charge in [0.25, 0.3) is 0 Å². The normalized spacial score (nSPS) is 12.6. The van der Waals surface area contributed by atoms with Crippen molar-refractivity contribution in [3.05, 3.63) is 52.0 Å². The first kappa shape index (κ1) is 11.3. The van der Waals surface area contributed by atoms with Gasteiger partial charge in [-0.2, -0.15) is 0 Å². The van der Waals surface area contributed by atoms with Crippen molar-refractivity contribution in [1.82, 2.24) is 10.3 Å². The molecule has 0 saturated carbocycles.